The summed E-state index contributed by atoms with van der Waals surface area (Å²) in [6.07, 6.45) is -1.07. The van der Waals surface area contributed by atoms with Gasteiger partial charge in [-0.1, -0.05) is 58.0 Å². The first-order valence-corrected chi connectivity index (χ1v) is 20.8. The Morgan fingerprint density at radius 1 is 0.633 bits per heavy atom. The fourth-order valence-electron chi connectivity index (χ4n) is 8.52. The quantitative estimate of drug-likeness (QED) is 0.195. The molecule has 17 nitrogen and oxygen atoms in total. The number of nitrogens with zero attached hydrogens (tertiary/aromatic N) is 2. The van der Waals surface area contributed by atoms with Gasteiger partial charge in [-0.25, -0.2) is 14.4 Å². The van der Waals surface area contributed by atoms with Crippen LogP contribution in [0.25, 0.3) is 0 Å². The van der Waals surface area contributed by atoms with Gasteiger partial charge in [0.1, 0.15) is 29.9 Å². The minimum Gasteiger partial charge on any atom is -0.469 e. The number of carbonyl (C=O) groups excluding carboxylic acids is 7. The summed E-state index contributed by atoms with van der Waals surface area (Å²) in [5, 5.41) is 11.9. The van der Waals surface area contributed by atoms with Crippen molar-refractivity contribution >= 4 is 42.0 Å². The average Bonchev–Trinajstić information content (AvgIpc) is 3.77. The summed E-state index contributed by atoms with van der Waals surface area (Å²) >= 11 is 0. The van der Waals surface area contributed by atoms with E-state index in [1.54, 1.807) is 41.5 Å². The lowest BCUT2D eigenvalue weighted by atomic mass is 9.58. The van der Waals surface area contributed by atoms with E-state index in [9.17, 15) is 33.6 Å². The molecule has 4 N–H and O–H groups in total. The molecule has 0 bridgehead atoms. The number of nitrogens with one attached hydrogen (secondary N) is 4. The molecule has 0 aromatic heterocycles. The van der Waals surface area contributed by atoms with E-state index >= 15 is 0 Å². The number of methoxy groups -OCH3 is 1. The number of hydrogen-bond acceptors (Lipinski definition) is 11. The number of ether oxygens (including phenoxy) is 4. The van der Waals surface area contributed by atoms with Gasteiger partial charge in [-0.3, -0.25) is 29.0 Å². The lowest BCUT2D eigenvalue weighted by Gasteiger charge is -2.51. The predicted octanol–water partition coefficient (Wildman–Crippen LogP) is 4.02. The zero-order chi connectivity index (χ0) is 44.5. The van der Waals surface area contributed by atoms with Crippen molar-refractivity contribution in [3.05, 3.63) is 35.9 Å². The standard InChI is InChI=1S/C43H64N6O11/c1-40(2,3)59-38(55)48-21-25(17-29(48)34(51)47-32-20-28(36(53)57-11)43(32,9)10)44-33(50)27-19-31(42(27,7)8)46-35(52)30-18-26(22-49(30)39(56)60-41(4,5)6)45-37(54)58-23-24-15-13-12-14-16-24/h12-16,25-32H,17-23H2,1-11H3,(H,44,50)(H,45,54)(H,46,52)(H,47,51)/t25-,26-,27+,28+,29-,30-,31+,32+/m0/s1. The number of alkyl carbamates (subject to hydrolysis) is 1. The number of carbonyl (C=O) groups is 7. The van der Waals surface area contributed by atoms with Gasteiger partial charge in [-0.2, -0.15) is 0 Å². The average molecular weight is 841 g/mol. The highest BCUT2D eigenvalue weighted by molar-refractivity contribution is 5.89. The van der Waals surface area contributed by atoms with Crippen LogP contribution in [-0.4, -0.2) is 119 Å². The molecule has 1 aromatic carbocycles. The second-order valence-corrected chi connectivity index (χ2v) is 19.7. The SMILES string of the molecule is COC(=O)[C@H]1C[C@@H](NC(=O)[C@@H]2C[C@H](NC(=O)[C@H]3C[C@@H](NC(=O)[C@@H]4C[C@H](NC(=O)OCc5ccccc5)CN4C(=O)OC(C)(C)C)C3(C)C)CN2C(=O)OC(C)(C)C)C1(C)C. The summed E-state index contributed by atoms with van der Waals surface area (Å²) in [6.45, 7) is 18.0. The number of likely N-dealkylation sites (tertiary alicyclic amines) is 2. The van der Waals surface area contributed by atoms with Crippen molar-refractivity contribution in [2.24, 2.45) is 22.7 Å². The van der Waals surface area contributed by atoms with Gasteiger partial charge in [-0.05, 0) is 83.6 Å². The van der Waals surface area contributed by atoms with E-state index in [0.29, 0.717) is 12.8 Å². The third-order valence-corrected chi connectivity index (χ3v) is 12.3. The van der Waals surface area contributed by atoms with Gasteiger partial charge in [-0.15, -0.1) is 0 Å². The van der Waals surface area contributed by atoms with Crippen LogP contribution >= 0.6 is 0 Å². The van der Waals surface area contributed by atoms with Crippen molar-refractivity contribution in [2.45, 2.75) is 149 Å². The van der Waals surface area contributed by atoms with Crippen molar-refractivity contribution in [1.29, 1.82) is 0 Å². The van der Waals surface area contributed by atoms with Crippen LogP contribution in [0.15, 0.2) is 30.3 Å². The monoisotopic (exact) mass is 840 g/mol. The minimum absolute atomic E-state index is 0.0275. The highest BCUT2D eigenvalue weighted by atomic mass is 16.6. The van der Waals surface area contributed by atoms with Gasteiger partial charge < -0.3 is 40.2 Å². The summed E-state index contributed by atoms with van der Waals surface area (Å²) in [4.78, 5) is 95.8. The number of esters is 1. The molecular weight excluding hydrogens is 777 g/mol. The Morgan fingerprint density at radius 2 is 1.08 bits per heavy atom. The van der Waals surface area contributed by atoms with Gasteiger partial charge in [0.25, 0.3) is 0 Å². The maximum atomic E-state index is 13.9. The highest BCUT2D eigenvalue weighted by Crippen LogP contribution is 2.48. The molecule has 6 amide bonds. The second-order valence-electron chi connectivity index (χ2n) is 19.7. The normalized spacial score (nSPS) is 27.9. The Kier molecular flexibility index (Phi) is 13.4. The van der Waals surface area contributed by atoms with E-state index < -0.39 is 88.3 Å². The maximum absolute atomic E-state index is 13.9. The summed E-state index contributed by atoms with van der Waals surface area (Å²) < 4.78 is 21.6. The van der Waals surface area contributed by atoms with Gasteiger partial charge in [0, 0.05) is 37.1 Å². The molecule has 0 unspecified atom stereocenters. The van der Waals surface area contributed by atoms with Crippen molar-refractivity contribution in [3.8, 4) is 0 Å². The molecule has 2 heterocycles. The van der Waals surface area contributed by atoms with E-state index in [-0.39, 0.29) is 56.4 Å². The zero-order valence-corrected chi connectivity index (χ0v) is 36.8. The van der Waals surface area contributed by atoms with E-state index in [0.717, 1.165) is 5.56 Å². The van der Waals surface area contributed by atoms with Crippen LogP contribution in [0.2, 0.25) is 0 Å². The molecule has 2 saturated carbocycles. The van der Waals surface area contributed by atoms with Crippen molar-refractivity contribution in [3.63, 3.8) is 0 Å². The molecule has 0 radical (unpaired) electrons. The molecule has 60 heavy (non-hydrogen) atoms. The molecule has 17 heteroatoms. The topological polar surface area (TPSA) is 211 Å². The van der Waals surface area contributed by atoms with Crippen LogP contribution in [0.1, 0.15) is 100 Å². The van der Waals surface area contributed by atoms with Crippen LogP contribution in [0.3, 0.4) is 0 Å². The van der Waals surface area contributed by atoms with Crippen LogP contribution in [-0.2, 0) is 44.7 Å². The second kappa shape index (κ2) is 17.5. The first kappa shape index (κ1) is 46.0. The Bertz CT molecular complexity index is 1810. The van der Waals surface area contributed by atoms with E-state index in [4.69, 9.17) is 18.9 Å². The fraction of sp³-hybridized carbons (Fsp3) is 0.698. The van der Waals surface area contributed by atoms with Crippen molar-refractivity contribution < 1.29 is 52.5 Å². The van der Waals surface area contributed by atoms with E-state index in [1.165, 1.54) is 16.9 Å². The predicted molar refractivity (Wildman–Crippen MR) is 218 cm³/mol. The summed E-state index contributed by atoms with van der Waals surface area (Å²) in [5.74, 6) is -2.36. The van der Waals surface area contributed by atoms with Gasteiger partial charge >= 0.3 is 24.2 Å². The van der Waals surface area contributed by atoms with Crippen LogP contribution in [0, 0.1) is 22.7 Å². The molecule has 2 aliphatic heterocycles. The molecule has 4 fully saturated rings. The number of hydrogen-bond donors (Lipinski definition) is 4. The molecule has 4 aliphatic rings. The summed E-state index contributed by atoms with van der Waals surface area (Å²) in [5.41, 5.74) is -2.11. The molecule has 2 saturated heterocycles. The number of amides is 6. The molecular formula is C43H64N6O11. The minimum atomic E-state index is -0.958. The number of benzene rings is 1. The lowest BCUT2D eigenvalue weighted by molar-refractivity contribution is -0.160. The molecule has 5 rings (SSSR count). The zero-order valence-electron chi connectivity index (χ0n) is 36.8. The Hall–Kier alpha value is -5.09. The van der Waals surface area contributed by atoms with E-state index in [2.05, 4.69) is 21.3 Å². The smallest absolute Gasteiger partial charge is 0.411 e. The third-order valence-electron chi connectivity index (χ3n) is 12.3. The van der Waals surface area contributed by atoms with Crippen LogP contribution < -0.4 is 21.3 Å². The van der Waals surface area contributed by atoms with Crippen molar-refractivity contribution in [2.75, 3.05) is 20.2 Å². The molecule has 332 valence electrons. The fourth-order valence-corrected chi connectivity index (χ4v) is 8.52. The van der Waals surface area contributed by atoms with Gasteiger partial charge in [0.2, 0.25) is 17.7 Å². The van der Waals surface area contributed by atoms with Crippen LogP contribution in [0.5, 0.6) is 0 Å². The first-order valence-electron chi connectivity index (χ1n) is 20.8. The third kappa shape index (κ3) is 10.6. The van der Waals surface area contributed by atoms with E-state index in [1.807, 2.05) is 58.0 Å². The molecule has 0 spiro atoms. The van der Waals surface area contributed by atoms with Crippen molar-refractivity contribution in [1.82, 2.24) is 31.1 Å². The molecule has 8 atom stereocenters. The number of rotatable bonds is 10. The maximum Gasteiger partial charge on any atom is 0.411 e. The Balaban J connectivity index is 1.19. The first-order chi connectivity index (χ1) is 27.8. The Morgan fingerprint density at radius 3 is 1.52 bits per heavy atom. The lowest BCUT2D eigenvalue weighted by Crippen LogP contribution is -2.64. The van der Waals surface area contributed by atoms with Gasteiger partial charge in [0.15, 0.2) is 0 Å². The van der Waals surface area contributed by atoms with Crippen LogP contribution in [0.4, 0.5) is 14.4 Å². The molecule has 1 aromatic rings. The van der Waals surface area contributed by atoms with Gasteiger partial charge in [0.05, 0.1) is 19.1 Å². The summed E-state index contributed by atoms with van der Waals surface area (Å²) in [6, 6.07) is 5.41. The summed E-state index contributed by atoms with van der Waals surface area (Å²) in [7, 11) is 1.33. The largest absolute Gasteiger partial charge is 0.469 e. The highest BCUT2D eigenvalue weighted by Gasteiger charge is 2.56. The molecule has 2 aliphatic carbocycles. The Labute approximate surface area is 352 Å².